The van der Waals surface area contributed by atoms with Crippen molar-refractivity contribution in [2.24, 2.45) is 5.73 Å². The molecule has 90 valence electrons. The van der Waals surface area contributed by atoms with Crippen molar-refractivity contribution >= 4 is 6.09 Å². The third-order valence-corrected chi connectivity index (χ3v) is 2.23. The Kier molecular flexibility index (Phi) is 5.55. The molecule has 0 spiro atoms. The van der Waals surface area contributed by atoms with Crippen molar-refractivity contribution in [1.82, 2.24) is 5.32 Å². The Hall–Kier alpha value is -2.06. The highest BCUT2D eigenvalue weighted by Gasteiger charge is 2.08. The third kappa shape index (κ3) is 5.00. The second kappa shape index (κ2) is 7.25. The van der Waals surface area contributed by atoms with Crippen molar-refractivity contribution in [2.45, 2.75) is 5.92 Å². The van der Waals surface area contributed by atoms with Gasteiger partial charge in [0, 0.05) is 13.1 Å². The van der Waals surface area contributed by atoms with Crippen LogP contribution in [-0.4, -0.2) is 25.8 Å². The molecule has 1 aromatic rings. The molecule has 0 radical (unpaired) electrons. The zero-order valence-electron chi connectivity index (χ0n) is 9.43. The van der Waals surface area contributed by atoms with Crippen molar-refractivity contribution in [1.29, 1.82) is 5.26 Å². The van der Waals surface area contributed by atoms with Crippen LogP contribution in [0, 0.1) is 11.3 Å². The SMILES string of the molecule is N#CC(CNCCOC(N)=O)c1ccccc1. The van der Waals surface area contributed by atoms with Gasteiger partial charge in [-0.3, -0.25) is 0 Å². The maximum absolute atomic E-state index is 10.3. The van der Waals surface area contributed by atoms with Gasteiger partial charge in [-0.05, 0) is 5.56 Å². The van der Waals surface area contributed by atoms with Crippen LogP contribution in [0.25, 0.3) is 0 Å². The van der Waals surface area contributed by atoms with Gasteiger partial charge in [0.1, 0.15) is 6.61 Å². The zero-order valence-corrected chi connectivity index (χ0v) is 9.43. The minimum atomic E-state index is -0.785. The van der Waals surface area contributed by atoms with E-state index in [4.69, 9.17) is 11.0 Å². The molecule has 1 aromatic carbocycles. The van der Waals surface area contributed by atoms with E-state index >= 15 is 0 Å². The molecular formula is C12H15N3O2. The molecule has 0 aromatic heterocycles. The molecule has 1 amide bonds. The standard InChI is InChI=1S/C12H15N3O2/c13-8-11(10-4-2-1-3-5-10)9-15-6-7-17-12(14)16/h1-5,11,15H,6-7,9H2,(H2,14,16). The molecule has 1 unspecified atom stereocenters. The van der Waals surface area contributed by atoms with Crippen molar-refractivity contribution in [2.75, 3.05) is 19.7 Å². The first kappa shape index (κ1) is 13.0. The number of rotatable bonds is 6. The van der Waals surface area contributed by atoms with Crippen LogP contribution in [0.15, 0.2) is 30.3 Å². The van der Waals surface area contributed by atoms with E-state index < -0.39 is 6.09 Å². The lowest BCUT2D eigenvalue weighted by atomic mass is 10.0. The molecule has 0 aliphatic carbocycles. The molecule has 0 saturated heterocycles. The summed E-state index contributed by atoms with van der Waals surface area (Å²) in [4.78, 5) is 10.3. The van der Waals surface area contributed by atoms with Gasteiger partial charge >= 0.3 is 6.09 Å². The van der Waals surface area contributed by atoms with E-state index in [1.54, 1.807) is 0 Å². The number of ether oxygens (including phenoxy) is 1. The first-order valence-electron chi connectivity index (χ1n) is 5.31. The summed E-state index contributed by atoms with van der Waals surface area (Å²) in [5.41, 5.74) is 5.78. The summed E-state index contributed by atoms with van der Waals surface area (Å²) in [7, 11) is 0. The molecule has 3 N–H and O–H groups in total. The molecule has 0 aliphatic rings. The summed E-state index contributed by atoms with van der Waals surface area (Å²) in [6, 6.07) is 11.8. The van der Waals surface area contributed by atoms with Gasteiger partial charge in [-0.15, -0.1) is 0 Å². The number of carbonyl (C=O) groups is 1. The van der Waals surface area contributed by atoms with Gasteiger partial charge in [-0.1, -0.05) is 30.3 Å². The fourth-order valence-corrected chi connectivity index (χ4v) is 1.39. The Balaban J connectivity index is 2.30. The second-order valence-electron chi connectivity index (χ2n) is 3.46. The van der Waals surface area contributed by atoms with E-state index in [0.717, 1.165) is 5.56 Å². The highest BCUT2D eigenvalue weighted by atomic mass is 16.5. The maximum atomic E-state index is 10.3. The largest absolute Gasteiger partial charge is 0.448 e. The molecule has 0 heterocycles. The Labute approximate surface area is 100 Å². The predicted molar refractivity (Wildman–Crippen MR) is 63.2 cm³/mol. The van der Waals surface area contributed by atoms with Crippen LogP contribution >= 0.6 is 0 Å². The Morgan fingerprint density at radius 2 is 2.18 bits per heavy atom. The monoisotopic (exact) mass is 233 g/mol. The zero-order chi connectivity index (χ0) is 12.5. The molecular weight excluding hydrogens is 218 g/mol. The summed E-state index contributed by atoms with van der Waals surface area (Å²) >= 11 is 0. The summed E-state index contributed by atoms with van der Waals surface area (Å²) in [5, 5.41) is 12.1. The van der Waals surface area contributed by atoms with Crippen LogP contribution in [0.2, 0.25) is 0 Å². The summed E-state index contributed by atoms with van der Waals surface area (Å²) in [5.74, 6) is -0.204. The van der Waals surface area contributed by atoms with Gasteiger partial charge in [-0.25, -0.2) is 4.79 Å². The quantitative estimate of drug-likeness (QED) is 0.717. The maximum Gasteiger partial charge on any atom is 0.404 e. The van der Waals surface area contributed by atoms with Crippen LogP contribution in [0.4, 0.5) is 4.79 Å². The molecule has 0 fully saturated rings. The summed E-state index contributed by atoms with van der Waals surface area (Å²) < 4.78 is 4.56. The average molecular weight is 233 g/mol. The van der Waals surface area contributed by atoms with Crippen LogP contribution in [0.1, 0.15) is 11.5 Å². The van der Waals surface area contributed by atoms with E-state index in [2.05, 4.69) is 16.1 Å². The van der Waals surface area contributed by atoms with Gasteiger partial charge in [0.05, 0.1) is 12.0 Å². The minimum absolute atomic E-state index is 0.204. The lowest BCUT2D eigenvalue weighted by Crippen LogP contribution is -2.27. The molecule has 5 nitrogen and oxygen atoms in total. The lowest BCUT2D eigenvalue weighted by molar-refractivity contribution is 0.157. The molecule has 0 saturated carbocycles. The van der Waals surface area contributed by atoms with Crippen molar-refractivity contribution in [3.8, 4) is 6.07 Å². The van der Waals surface area contributed by atoms with Gasteiger partial charge < -0.3 is 15.8 Å². The van der Waals surface area contributed by atoms with Crippen molar-refractivity contribution in [3.05, 3.63) is 35.9 Å². The third-order valence-electron chi connectivity index (χ3n) is 2.23. The molecule has 0 bridgehead atoms. The summed E-state index contributed by atoms with van der Waals surface area (Å²) in [6.45, 7) is 1.21. The van der Waals surface area contributed by atoms with Crippen LogP contribution in [0.3, 0.4) is 0 Å². The number of nitriles is 1. The number of nitrogens with zero attached hydrogens (tertiary/aromatic N) is 1. The smallest absolute Gasteiger partial charge is 0.404 e. The molecule has 17 heavy (non-hydrogen) atoms. The fraction of sp³-hybridized carbons (Fsp3) is 0.333. The highest BCUT2D eigenvalue weighted by Crippen LogP contribution is 2.12. The number of carbonyl (C=O) groups excluding carboxylic acids is 1. The van der Waals surface area contributed by atoms with E-state index in [9.17, 15) is 4.79 Å². The Morgan fingerprint density at radius 1 is 1.47 bits per heavy atom. The molecule has 0 aliphatic heterocycles. The first-order valence-corrected chi connectivity index (χ1v) is 5.31. The average Bonchev–Trinajstić information content (AvgIpc) is 2.34. The summed E-state index contributed by atoms with van der Waals surface area (Å²) in [6.07, 6.45) is -0.785. The van der Waals surface area contributed by atoms with E-state index in [1.165, 1.54) is 0 Å². The Morgan fingerprint density at radius 3 is 2.76 bits per heavy atom. The van der Waals surface area contributed by atoms with Crippen LogP contribution in [0.5, 0.6) is 0 Å². The predicted octanol–water partition coefficient (Wildman–Crippen LogP) is 0.979. The number of hydrogen-bond donors (Lipinski definition) is 2. The van der Waals surface area contributed by atoms with Crippen molar-refractivity contribution < 1.29 is 9.53 Å². The number of primary amides is 1. The van der Waals surface area contributed by atoms with E-state index in [0.29, 0.717) is 13.1 Å². The van der Waals surface area contributed by atoms with Crippen LogP contribution in [-0.2, 0) is 4.74 Å². The number of benzene rings is 1. The number of amides is 1. The van der Waals surface area contributed by atoms with Gasteiger partial charge in [0.2, 0.25) is 0 Å². The number of nitrogens with two attached hydrogens (primary N) is 1. The van der Waals surface area contributed by atoms with Gasteiger partial charge in [0.15, 0.2) is 0 Å². The first-order chi connectivity index (χ1) is 8.24. The molecule has 1 rings (SSSR count). The van der Waals surface area contributed by atoms with E-state index in [1.807, 2.05) is 30.3 Å². The lowest BCUT2D eigenvalue weighted by Gasteiger charge is -2.10. The fourth-order valence-electron chi connectivity index (χ4n) is 1.39. The normalized spacial score (nSPS) is 11.5. The van der Waals surface area contributed by atoms with E-state index in [-0.39, 0.29) is 12.5 Å². The number of hydrogen-bond acceptors (Lipinski definition) is 4. The molecule has 5 heteroatoms. The minimum Gasteiger partial charge on any atom is -0.448 e. The molecule has 1 atom stereocenters. The Bertz CT molecular complexity index is 386. The highest BCUT2D eigenvalue weighted by molar-refractivity contribution is 5.64. The topological polar surface area (TPSA) is 88.1 Å². The van der Waals surface area contributed by atoms with Crippen LogP contribution < -0.4 is 11.1 Å². The number of nitrogens with one attached hydrogen (secondary N) is 1. The van der Waals surface area contributed by atoms with Gasteiger partial charge in [0.25, 0.3) is 0 Å². The van der Waals surface area contributed by atoms with Crippen molar-refractivity contribution in [3.63, 3.8) is 0 Å². The van der Waals surface area contributed by atoms with Gasteiger partial charge in [-0.2, -0.15) is 5.26 Å². The second-order valence-corrected chi connectivity index (χ2v) is 3.46.